The molecule has 0 N–H and O–H groups in total. The van der Waals surface area contributed by atoms with Crippen molar-refractivity contribution in [3.05, 3.63) is 0 Å². The van der Waals surface area contributed by atoms with Crippen molar-refractivity contribution in [2.24, 2.45) is 29.6 Å². The molecule has 204 valence electrons. The van der Waals surface area contributed by atoms with Gasteiger partial charge < -0.3 is 0 Å². The number of hydrogen-bond acceptors (Lipinski definition) is 0. The highest BCUT2D eigenvalue weighted by molar-refractivity contribution is 6.58. The highest BCUT2D eigenvalue weighted by Gasteiger charge is 2.15. The van der Waals surface area contributed by atoms with Crippen LogP contribution in [0.4, 0.5) is 0 Å². The van der Waals surface area contributed by atoms with Crippen LogP contribution >= 0.6 is 0 Å². The van der Waals surface area contributed by atoms with Crippen LogP contribution in [0.1, 0.15) is 146 Å². The maximum Gasteiger partial charge on any atom is 0.261 e. The minimum Gasteiger partial charge on any atom is -0.0950 e. The lowest BCUT2D eigenvalue weighted by Gasteiger charge is -2.13. The van der Waals surface area contributed by atoms with E-state index in [9.17, 15) is 0 Å². The van der Waals surface area contributed by atoms with Crippen molar-refractivity contribution in [2.45, 2.75) is 173 Å². The predicted octanol–water partition coefficient (Wildman–Crippen LogP) is 11.7. The first-order valence-electron chi connectivity index (χ1n) is 16.0. The van der Waals surface area contributed by atoms with Crippen LogP contribution in [0.25, 0.3) is 0 Å². The monoisotopic (exact) mass is 509 g/mol. The SMILES string of the molecule is CC(C)CCCC[CH2][Al]([CH2]CCCCC(C)C)[CH2]CCCCC(C)C.CC(C)[CH2][AlH][CH2]C(C)C. The minimum absolute atomic E-state index is 0.316. The van der Waals surface area contributed by atoms with Gasteiger partial charge >= 0.3 is 0 Å². The fourth-order valence-electron chi connectivity index (χ4n) is 4.85. The van der Waals surface area contributed by atoms with Crippen LogP contribution in [0.15, 0.2) is 0 Å². The Labute approximate surface area is 230 Å². The molecule has 34 heavy (non-hydrogen) atoms. The van der Waals surface area contributed by atoms with Gasteiger partial charge in [-0.2, -0.15) is 0 Å². The van der Waals surface area contributed by atoms with E-state index in [4.69, 9.17) is 0 Å². The highest BCUT2D eigenvalue weighted by atomic mass is 27.2. The normalized spacial score (nSPS) is 11.6. The van der Waals surface area contributed by atoms with Crippen LogP contribution in [-0.2, 0) is 0 Å². The second-order valence-corrected chi connectivity index (χ2v) is 19.0. The first-order valence-corrected chi connectivity index (χ1v) is 20.5. The summed E-state index contributed by atoms with van der Waals surface area (Å²) in [7, 11) is 0. The topological polar surface area (TPSA) is 0 Å². The lowest BCUT2D eigenvalue weighted by molar-refractivity contribution is 0.528. The van der Waals surface area contributed by atoms with Gasteiger partial charge in [0.05, 0.1) is 0 Å². The number of hydrogen-bond donors (Lipinski definition) is 0. The molecule has 0 aromatic carbocycles. The summed E-state index contributed by atoms with van der Waals surface area (Å²) in [5.41, 5.74) is 0. The zero-order chi connectivity index (χ0) is 26.2. The van der Waals surface area contributed by atoms with Crippen LogP contribution < -0.4 is 0 Å². The third kappa shape index (κ3) is 35.2. The molecular weight excluding hydrogens is 438 g/mol. The summed E-state index contributed by atoms with van der Waals surface area (Å²) in [6.45, 7) is 23.5. The third-order valence-electron chi connectivity index (χ3n) is 7.24. The van der Waals surface area contributed by atoms with Crippen LogP contribution in [0, 0.1) is 29.6 Å². The van der Waals surface area contributed by atoms with E-state index in [1.165, 1.54) is 68.4 Å². The lowest BCUT2D eigenvalue weighted by atomic mass is 10.1. The van der Waals surface area contributed by atoms with Gasteiger partial charge in [0.2, 0.25) is 15.2 Å². The Morgan fingerprint density at radius 2 is 0.676 bits per heavy atom. The molecule has 0 aromatic rings. The van der Waals surface area contributed by atoms with Crippen molar-refractivity contribution >= 4 is 29.4 Å². The molecule has 0 nitrogen and oxygen atoms in total. The van der Waals surface area contributed by atoms with Crippen molar-refractivity contribution in [1.29, 1.82) is 0 Å². The maximum absolute atomic E-state index is 2.37. The Hall–Kier alpha value is 1.06. The van der Waals surface area contributed by atoms with E-state index in [-0.39, 0.29) is 0 Å². The first kappa shape index (κ1) is 37.2. The van der Waals surface area contributed by atoms with Gasteiger partial charge in [0.15, 0.2) is 0 Å². The van der Waals surface area contributed by atoms with Gasteiger partial charge in [-0.25, -0.2) is 0 Å². The molecule has 0 spiro atoms. The molecule has 0 radical (unpaired) electrons. The van der Waals surface area contributed by atoms with Crippen LogP contribution in [0.5, 0.6) is 0 Å². The van der Waals surface area contributed by atoms with E-state index in [0.29, 0.717) is 15.2 Å². The van der Waals surface area contributed by atoms with Gasteiger partial charge in [-0.05, 0) is 17.8 Å². The Bertz CT molecular complexity index is 322. The fraction of sp³-hybridized carbons (Fsp3) is 1.00. The van der Waals surface area contributed by atoms with E-state index in [1.54, 1.807) is 35.1 Å². The molecule has 0 aliphatic carbocycles. The van der Waals surface area contributed by atoms with Crippen molar-refractivity contribution in [2.75, 3.05) is 0 Å². The molecule has 0 aliphatic rings. The summed E-state index contributed by atoms with van der Waals surface area (Å²) in [6, 6.07) is 0. The quantitative estimate of drug-likeness (QED) is 0.101. The molecular formula is C32H70Al2. The van der Waals surface area contributed by atoms with Crippen LogP contribution in [-0.4, -0.2) is 29.4 Å². The molecule has 0 bridgehead atoms. The van der Waals surface area contributed by atoms with Crippen LogP contribution in [0.3, 0.4) is 0 Å². The van der Waals surface area contributed by atoms with Crippen molar-refractivity contribution in [1.82, 2.24) is 0 Å². The third-order valence-corrected chi connectivity index (χ3v) is 14.0. The molecule has 0 aliphatic heterocycles. The molecule has 0 fully saturated rings. The molecule has 0 rings (SSSR count). The fourth-order valence-corrected chi connectivity index (χ4v) is 10.2. The van der Waals surface area contributed by atoms with Gasteiger partial charge in [-0.1, -0.05) is 185 Å². The Kier molecular flexibility index (Phi) is 29.7. The van der Waals surface area contributed by atoms with Crippen molar-refractivity contribution in [3.63, 3.8) is 0 Å². The molecule has 0 saturated heterocycles. The van der Waals surface area contributed by atoms with E-state index >= 15 is 0 Å². The molecule has 0 atom stereocenters. The van der Waals surface area contributed by atoms with Gasteiger partial charge in [0.25, 0.3) is 14.1 Å². The Morgan fingerprint density at radius 1 is 0.382 bits per heavy atom. The molecule has 2 heteroatoms. The summed E-state index contributed by atoms with van der Waals surface area (Å²) in [6.07, 6.45) is 17.9. The summed E-state index contributed by atoms with van der Waals surface area (Å²) < 4.78 is 0. The second kappa shape index (κ2) is 27.1. The largest absolute Gasteiger partial charge is 0.261 e. The van der Waals surface area contributed by atoms with Crippen molar-refractivity contribution < 1.29 is 0 Å². The van der Waals surface area contributed by atoms with Gasteiger partial charge in [-0.15, -0.1) is 0 Å². The maximum atomic E-state index is 2.37. The highest BCUT2D eigenvalue weighted by Crippen LogP contribution is 2.21. The zero-order valence-electron chi connectivity index (χ0n) is 26.2. The average Bonchev–Trinajstić information content (AvgIpc) is 2.71. The lowest BCUT2D eigenvalue weighted by Crippen LogP contribution is -2.12. The molecule has 0 amide bonds. The Balaban J connectivity index is 0. The summed E-state index contributed by atoms with van der Waals surface area (Å²) in [4.78, 5) is 0. The van der Waals surface area contributed by atoms with Gasteiger partial charge in [0.1, 0.15) is 0 Å². The van der Waals surface area contributed by atoms with E-state index in [2.05, 4.69) is 69.2 Å². The standard InChI is InChI=1S/3C8H17.2C4H9.2Al.H/c3*1-4-5-6-7-8(2)3;2*1-4(2)3;;;/h3*8H,1,4-7H2,2-3H3;2*4H,1H2,2-3H3;;;. The second-order valence-electron chi connectivity index (χ2n) is 13.7. The van der Waals surface area contributed by atoms with E-state index in [0.717, 1.165) is 29.6 Å². The molecule has 0 unspecified atom stereocenters. The minimum atomic E-state index is -0.435. The first-order chi connectivity index (χ1) is 16.0. The van der Waals surface area contributed by atoms with Gasteiger partial charge in [-0.3, -0.25) is 0 Å². The van der Waals surface area contributed by atoms with Crippen LogP contribution in [0.2, 0.25) is 26.4 Å². The van der Waals surface area contributed by atoms with Gasteiger partial charge in [0, 0.05) is 0 Å². The number of rotatable bonds is 22. The average molecular weight is 509 g/mol. The summed E-state index contributed by atoms with van der Waals surface area (Å²) in [5.74, 6) is 4.60. The van der Waals surface area contributed by atoms with Crippen molar-refractivity contribution in [3.8, 4) is 0 Å². The predicted molar refractivity (Wildman–Crippen MR) is 167 cm³/mol. The molecule has 0 saturated carbocycles. The molecule has 0 heterocycles. The summed E-state index contributed by atoms with van der Waals surface area (Å²) >= 11 is -0.119. The zero-order valence-corrected chi connectivity index (χ0v) is 28.8. The smallest absolute Gasteiger partial charge is 0.0950 e. The van der Waals surface area contributed by atoms with E-state index in [1.807, 2.05) is 0 Å². The van der Waals surface area contributed by atoms with E-state index < -0.39 is 14.1 Å². The Morgan fingerprint density at radius 3 is 0.912 bits per heavy atom. The number of unbranched alkanes of at least 4 members (excludes halogenated alkanes) is 6. The molecule has 0 aromatic heterocycles. The summed E-state index contributed by atoms with van der Waals surface area (Å²) in [5, 5.41) is 8.02.